The molecular formula is C15H20N2O2. The van der Waals surface area contributed by atoms with Crippen molar-refractivity contribution in [3.8, 4) is 5.75 Å². The van der Waals surface area contributed by atoms with Crippen LogP contribution in [0.15, 0.2) is 18.2 Å². The van der Waals surface area contributed by atoms with Gasteiger partial charge in [-0.05, 0) is 62.5 Å². The second-order valence-electron chi connectivity index (χ2n) is 5.72. The Labute approximate surface area is 113 Å². The number of nitrogens with zero attached hydrogens (tertiary/aromatic N) is 1. The van der Waals surface area contributed by atoms with Crippen LogP contribution in [0.3, 0.4) is 0 Å². The highest BCUT2D eigenvalue weighted by Crippen LogP contribution is 2.27. The standard InChI is InChI=1S/C15H20N2O2/c1-10-8-12(18)2-3-13(10)15(19)16-14-9-17-6-4-11(14)5-7-17/h2-3,8,11,14,18H,4-7,9H2,1H3,(H,16,19). The first-order valence-electron chi connectivity index (χ1n) is 6.96. The third-order valence-corrected chi connectivity index (χ3v) is 4.43. The molecule has 1 aromatic carbocycles. The molecule has 2 N–H and O–H groups in total. The van der Waals surface area contributed by atoms with Gasteiger partial charge in [-0.3, -0.25) is 4.79 Å². The Bertz CT molecular complexity index is 493. The minimum atomic E-state index is -0.0174. The summed E-state index contributed by atoms with van der Waals surface area (Å²) in [5.41, 5.74) is 1.48. The van der Waals surface area contributed by atoms with Crippen molar-refractivity contribution in [2.45, 2.75) is 25.8 Å². The number of rotatable bonds is 2. The summed E-state index contributed by atoms with van der Waals surface area (Å²) in [6.07, 6.45) is 2.39. The quantitative estimate of drug-likeness (QED) is 0.848. The zero-order valence-electron chi connectivity index (χ0n) is 11.2. The van der Waals surface area contributed by atoms with Crippen LogP contribution in [0.25, 0.3) is 0 Å². The predicted molar refractivity (Wildman–Crippen MR) is 73.3 cm³/mol. The Kier molecular flexibility index (Phi) is 3.19. The Morgan fingerprint density at radius 3 is 2.68 bits per heavy atom. The molecule has 4 heteroatoms. The van der Waals surface area contributed by atoms with Crippen LogP contribution in [0.1, 0.15) is 28.8 Å². The van der Waals surface area contributed by atoms with Gasteiger partial charge in [-0.2, -0.15) is 0 Å². The highest BCUT2D eigenvalue weighted by Gasteiger charge is 2.35. The van der Waals surface area contributed by atoms with E-state index in [4.69, 9.17) is 0 Å². The fourth-order valence-corrected chi connectivity index (χ4v) is 3.28. The van der Waals surface area contributed by atoms with Crippen molar-refractivity contribution in [1.29, 1.82) is 0 Å². The summed E-state index contributed by atoms with van der Waals surface area (Å²) in [5.74, 6) is 0.819. The second-order valence-corrected chi connectivity index (χ2v) is 5.72. The fourth-order valence-electron chi connectivity index (χ4n) is 3.28. The van der Waals surface area contributed by atoms with E-state index in [0.29, 0.717) is 11.5 Å². The molecule has 3 saturated heterocycles. The number of fused-ring (bicyclic) bond motifs is 3. The van der Waals surface area contributed by atoms with E-state index in [1.54, 1.807) is 18.2 Å². The second kappa shape index (κ2) is 4.85. The van der Waals surface area contributed by atoms with Gasteiger partial charge < -0.3 is 15.3 Å². The monoisotopic (exact) mass is 260 g/mol. The maximum atomic E-state index is 12.3. The molecule has 0 spiro atoms. The molecule has 4 nitrogen and oxygen atoms in total. The maximum Gasteiger partial charge on any atom is 0.251 e. The molecule has 102 valence electrons. The summed E-state index contributed by atoms with van der Waals surface area (Å²) in [4.78, 5) is 14.7. The molecule has 0 aliphatic carbocycles. The van der Waals surface area contributed by atoms with Gasteiger partial charge in [0.2, 0.25) is 0 Å². The van der Waals surface area contributed by atoms with Crippen LogP contribution >= 0.6 is 0 Å². The van der Waals surface area contributed by atoms with Gasteiger partial charge in [-0.1, -0.05) is 0 Å². The number of piperidine rings is 3. The molecular weight excluding hydrogens is 240 g/mol. The normalized spacial score (nSPS) is 29.2. The molecule has 1 aromatic rings. The van der Waals surface area contributed by atoms with Gasteiger partial charge in [0.15, 0.2) is 0 Å². The van der Waals surface area contributed by atoms with Gasteiger partial charge >= 0.3 is 0 Å². The lowest BCUT2D eigenvalue weighted by Crippen LogP contribution is -2.57. The zero-order valence-corrected chi connectivity index (χ0v) is 11.2. The molecule has 4 rings (SSSR count). The molecule has 0 saturated carbocycles. The number of phenols is 1. The highest BCUT2D eigenvalue weighted by atomic mass is 16.3. The average molecular weight is 260 g/mol. The molecule has 3 heterocycles. The van der Waals surface area contributed by atoms with Crippen LogP contribution in [0.4, 0.5) is 0 Å². The number of carbonyl (C=O) groups is 1. The number of phenolic OH excluding ortho intramolecular Hbond substituents is 1. The first-order valence-corrected chi connectivity index (χ1v) is 6.96. The van der Waals surface area contributed by atoms with Crippen molar-refractivity contribution in [2.75, 3.05) is 19.6 Å². The van der Waals surface area contributed by atoms with Gasteiger partial charge in [0, 0.05) is 18.2 Å². The zero-order chi connectivity index (χ0) is 13.4. The summed E-state index contributed by atoms with van der Waals surface area (Å²) in [5, 5.41) is 12.6. The van der Waals surface area contributed by atoms with Crippen molar-refractivity contribution in [2.24, 2.45) is 5.92 Å². The minimum Gasteiger partial charge on any atom is -0.508 e. The van der Waals surface area contributed by atoms with E-state index in [1.165, 1.54) is 25.9 Å². The van der Waals surface area contributed by atoms with Gasteiger partial charge in [-0.25, -0.2) is 0 Å². The molecule has 1 amide bonds. The Balaban J connectivity index is 1.71. The number of hydrogen-bond acceptors (Lipinski definition) is 3. The lowest BCUT2D eigenvalue weighted by Gasteiger charge is -2.44. The molecule has 1 unspecified atom stereocenters. The van der Waals surface area contributed by atoms with E-state index in [0.717, 1.165) is 12.1 Å². The fraction of sp³-hybridized carbons (Fsp3) is 0.533. The van der Waals surface area contributed by atoms with Crippen molar-refractivity contribution in [1.82, 2.24) is 10.2 Å². The van der Waals surface area contributed by atoms with Gasteiger partial charge in [-0.15, -0.1) is 0 Å². The van der Waals surface area contributed by atoms with Crippen molar-refractivity contribution in [3.05, 3.63) is 29.3 Å². The summed E-state index contributed by atoms with van der Waals surface area (Å²) < 4.78 is 0. The topological polar surface area (TPSA) is 52.6 Å². The molecule has 3 aliphatic rings. The molecule has 0 aromatic heterocycles. The first-order chi connectivity index (χ1) is 9.13. The smallest absolute Gasteiger partial charge is 0.251 e. The molecule has 3 aliphatic heterocycles. The molecule has 19 heavy (non-hydrogen) atoms. The summed E-state index contributed by atoms with van der Waals surface area (Å²) >= 11 is 0. The van der Waals surface area contributed by atoms with Crippen LogP contribution in [0, 0.1) is 12.8 Å². The van der Waals surface area contributed by atoms with Crippen LogP contribution in [0.2, 0.25) is 0 Å². The van der Waals surface area contributed by atoms with E-state index in [-0.39, 0.29) is 17.7 Å². The molecule has 3 fully saturated rings. The Morgan fingerprint density at radius 1 is 1.37 bits per heavy atom. The van der Waals surface area contributed by atoms with Gasteiger partial charge in [0.25, 0.3) is 5.91 Å². The lowest BCUT2D eigenvalue weighted by atomic mass is 9.84. The predicted octanol–water partition coefficient (Wildman–Crippen LogP) is 1.52. The first kappa shape index (κ1) is 12.5. The van der Waals surface area contributed by atoms with Crippen molar-refractivity contribution >= 4 is 5.91 Å². The van der Waals surface area contributed by atoms with Crippen LogP contribution in [-0.2, 0) is 0 Å². The Morgan fingerprint density at radius 2 is 2.11 bits per heavy atom. The average Bonchev–Trinajstić information content (AvgIpc) is 2.39. The third-order valence-electron chi connectivity index (χ3n) is 4.43. The number of benzene rings is 1. The maximum absolute atomic E-state index is 12.3. The summed E-state index contributed by atoms with van der Waals surface area (Å²) in [6, 6.07) is 5.17. The molecule has 2 bridgehead atoms. The SMILES string of the molecule is Cc1cc(O)ccc1C(=O)NC1CN2CCC1CC2. The van der Waals surface area contributed by atoms with Gasteiger partial charge in [0.1, 0.15) is 5.75 Å². The van der Waals surface area contributed by atoms with Crippen LogP contribution < -0.4 is 5.32 Å². The summed E-state index contributed by atoms with van der Waals surface area (Å²) in [6.45, 7) is 5.18. The Hall–Kier alpha value is -1.55. The number of hydrogen-bond donors (Lipinski definition) is 2. The molecule has 1 atom stereocenters. The summed E-state index contributed by atoms with van der Waals surface area (Å²) in [7, 11) is 0. The van der Waals surface area contributed by atoms with E-state index in [1.807, 2.05) is 6.92 Å². The number of aryl methyl sites for hydroxylation is 1. The highest BCUT2D eigenvalue weighted by molar-refractivity contribution is 5.96. The third kappa shape index (κ3) is 2.45. The number of amides is 1. The van der Waals surface area contributed by atoms with E-state index in [2.05, 4.69) is 10.2 Å². The van der Waals surface area contributed by atoms with E-state index >= 15 is 0 Å². The minimum absolute atomic E-state index is 0.0174. The van der Waals surface area contributed by atoms with Crippen LogP contribution in [0.5, 0.6) is 5.75 Å². The number of aromatic hydroxyl groups is 1. The lowest BCUT2D eigenvalue weighted by molar-refractivity contribution is 0.0620. The van der Waals surface area contributed by atoms with E-state index in [9.17, 15) is 9.90 Å². The van der Waals surface area contributed by atoms with E-state index < -0.39 is 0 Å². The molecule has 0 radical (unpaired) electrons. The van der Waals surface area contributed by atoms with Crippen molar-refractivity contribution < 1.29 is 9.90 Å². The number of carbonyl (C=O) groups excluding carboxylic acids is 1. The number of nitrogens with one attached hydrogen (secondary N) is 1. The largest absolute Gasteiger partial charge is 0.508 e. The van der Waals surface area contributed by atoms with Gasteiger partial charge in [0.05, 0.1) is 0 Å². The van der Waals surface area contributed by atoms with Crippen molar-refractivity contribution in [3.63, 3.8) is 0 Å². The van der Waals surface area contributed by atoms with Crippen LogP contribution in [-0.4, -0.2) is 41.6 Å².